The van der Waals surface area contributed by atoms with Gasteiger partial charge in [-0.05, 0) is 62.4 Å². The third-order valence-corrected chi connectivity index (χ3v) is 6.64. The Balaban J connectivity index is 1.50. The highest BCUT2D eigenvalue weighted by atomic mass is 32.2. The van der Waals surface area contributed by atoms with Crippen LogP contribution in [0.25, 0.3) is 10.9 Å². The zero-order chi connectivity index (χ0) is 23.9. The van der Waals surface area contributed by atoms with Crippen LogP contribution < -0.4 is 16.2 Å². The van der Waals surface area contributed by atoms with Crippen molar-refractivity contribution in [1.82, 2.24) is 9.55 Å². The molecule has 176 valence electrons. The Labute approximate surface area is 202 Å². The predicted octanol–water partition coefficient (Wildman–Crippen LogP) is 4.98. The molecule has 7 nitrogen and oxygen atoms in total. The number of aromatic nitrogens is 2. The first-order valence-corrected chi connectivity index (χ1v) is 12.5. The first-order chi connectivity index (χ1) is 16.5. The first kappa shape index (κ1) is 23.8. The van der Waals surface area contributed by atoms with E-state index < -0.39 is 0 Å². The van der Waals surface area contributed by atoms with Crippen molar-refractivity contribution in [1.29, 1.82) is 0 Å². The lowest BCUT2D eigenvalue weighted by Gasteiger charge is -2.16. The maximum absolute atomic E-state index is 13.2. The molecule has 34 heavy (non-hydrogen) atoms. The molecule has 4 rings (SSSR count). The number of rotatable bonds is 8. The third kappa shape index (κ3) is 6.14. The number of hydrogen-bond donors (Lipinski definition) is 2. The molecule has 2 N–H and O–H groups in total. The van der Waals surface area contributed by atoms with Gasteiger partial charge in [0.2, 0.25) is 11.8 Å². The molecule has 1 aliphatic carbocycles. The van der Waals surface area contributed by atoms with Crippen molar-refractivity contribution in [3.63, 3.8) is 0 Å². The van der Waals surface area contributed by atoms with E-state index in [1.807, 2.05) is 18.2 Å². The highest BCUT2D eigenvalue weighted by molar-refractivity contribution is 7.99. The number of thioether (sulfide) groups is 1. The maximum atomic E-state index is 13.2. The van der Waals surface area contributed by atoms with Crippen molar-refractivity contribution in [2.75, 3.05) is 16.4 Å². The summed E-state index contributed by atoms with van der Waals surface area (Å²) in [5.74, 6) is -0.282. The van der Waals surface area contributed by atoms with Crippen molar-refractivity contribution >= 4 is 45.9 Å². The molecule has 0 spiro atoms. The van der Waals surface area contributed by atoms with Gasteiger partial charge in [-0.15, -0.1) is 0 Å². The maximum Gasteiger partial charge on any atom is 0.262 e. The molecule has 3 aromatic rings. The molecule has 2 amide bonds. The molecule has 0 fully saturated rings. The summed E-state index contributed by atoms with van der Waals surface area (Å²) in [7, 11) is 0. The summed E-state index contributed by atoms with van der Waals surface area (Å²) in [6.45, 7) is 1.98. The van der Waals surface area contributed by atoms with E-state index in [1.54, 1.807) is 34.9 Å². The molecule has 1 aliphatic rings. The van der Waals surface area contributed by atoms with E-state index in [1.165, 1.54) is 37.1 Å². The van der Waals surface area contributed by atoms with Gasteiger partial charge < -0.3 is 10.6 Å². The largest absolute Gasteiger partial charge is 0.326 e. The lowest BCUT2D eigenvalue weighted by molar-refractivity contribution is -0.114. The smallest absolute Gasteiger partial charge is 0.262 e. The van der Waals surface area contributed by atoms with Crippen LogP contribution in [0.4, 0.5) is 11.4 Å². The number of nitrogens with one attached hydrogen (secondary N) is 2. The van der Waals surface area contributed by atoms with Crippen LogP contribution in [-0.2, 0) is 16.1 Å². The van der Waals surface area contributed by atoms with E-state index in [4.69, 9.17) is 4.98 Å². The Morgan fingerprint density at radius 1 is 1.06 bits per heavy atom. The zero-order valence-corrected chi connectivity index (χ0v) is 20.0. The number of para-hydroxylation sites is 1. The predicted molar refractivity (Wildman–Crippen MR) is 137 cm³/mol. The number of hydrogen-bond acceptors (Lipinski definition) is 5. The molecule has 2 aromatic carbocycles. The van der Waals surface area contributed by atoms with Crippen molar-refractivity contribution in [3.05, 3.63) is 70.5 Å². The number of carbonyl (C=O) groups excluding carboxylic acids is 2. The van der Waals surface area contributed by atoms with Crippen LogP contribution in [0.1, 0.15) is 39.0 Å². The fourth-order valence-corrected chi connectivity index (χ4v) is 4.87. The van der Waals surface area contributed by atoms with Gasteiger partial charge in [0.05, 0.1) is 16.7 Å². The number of fused-ring (bicyclic) bond motifs is 1. The van der Waals surface area contributed by atoms with Crippen molar-refractivity contribution in [2.45, 2.75) is 50.7 Å². The monoisotopic (exact) mass is 476 g/mol. The van der Waals surface area contributed by atoms with E-state index in [0.29, 0.717) is 34.0 Å². The molecule has 0 unspecified atom stereocenters. The van der Waals surface area contributed by atoms with Gasteiger partial charge in [0.1, 0.15) is 0 Å². The highest BCUT2D eigenvalue weighted by Crippen LogP contribution is 2.23. The molecule has 0 bridgehead atoms. The van der Waals surface area contributed by atoms with Crippen molar-refractivity contribution < 1.29 is 9.59 Å². The van der Waals surface area contributed by atoms with Gasteiger partial charge in [-0.2, -0.15) is 0 Å². The van der Waals surface area contributed by atoms with Crippen LogP contribution in [0.2, 0.25) is 0 Å². The minimum atomic E-state index is -0.214. The number of carbonyl (C=O) groups is 2. The molecular formula is C26H28N4O3S. The Kier molecular flexibility index (Phi) is 7.80. The minimum absolute atomic E-state index is 0.0760. The summed E-state index contributed by atoms with van der Waals surface area (Å²) < 4.78 is 1.70. The van der Waals surface area contributed by atoms with Crippen LogP contribution in [0.3, 0.4) is 0 Å². The van der Waals surface area contributed by atoms with Crippen LogP contribution in [0.5, 0.6) is 0 Å². The lowest BCUT2D eigenvalue weighted by atomic mass is 9.97. The molecule has 8 heteroatoms. The second-order valence-electron chi connectivity index (χ2n) is 8.33. The van der Waals surface area contributed by atoms with Gasteiger partial charge in [0.15, 0.2) is 5.16 Å². The van der Waals surface area contributed by atoms with Gasteiger partial charge in [0.25, 0.3) is 5.56 Å². The highest BCUT2D eigenvalue weighted by Gasteiger charge is 2.14. The van der Waals surface area contributed by atoms with E-state index in [9.17, 15) is 14.4 Å². The Bertz CT molecular complexity index is 1300. The lowest BCUT2D eigenvalue weighted by Crippen LogP contribution is -2.24. The molecule has 0 radical (unpaired) electrons. The van der Waals surface area contributed by atoms with Crippen molar-refractivity contribution in [2.24, 2.45) is 0 Å². The number of amides is 2. The Hall–Kier alpha value is -3.39. The SMILES string of the molecule is CC(=O)Nc1cccc(NC(=O)CSc2nc3ccccc3c(=O)n2CCC2=CCCCC2)c1. The molecule has 0 aliphatic heterocycles. The topological polar surface area (TPSA) is 93.1 Å². The van der Waals surface area contributed by atoms with Crippen LogP contribution in [0.15, 0.2) is 70.1 Å². The van der Waals surface area contributed by atoms with E-state index in [-0.39, 0.29) is 23.1 Å². The summed E-state index contributed by atoms with van der Waals surface area (Å²) in [6, 6.07) is 14.3. The summed E-state index contributed by atoms with van der Waals surface area (Å²) in [6.07, 6.45) is 7.71. The zero-order valence-electron chi connectivity index (χ0n) is 19.2. The first-order valence-electron chi connectivity index (χ1n) is 11.5. The van der Waals surface area contributed by atoms with Crippen LogP contribution >= 0.6 is 11.8 Å². The van der Waals surface area contributed by atoms with E-state index in [0.717, 1.165) is 19.3 Å². The number of benzene rings is 2. The summed E-state index contributed by atoms with van der Waals surface area (Å²) in [5.41, 5.74) is 3.14. The standard InChI is InChI=1S/C26H28N4O3S/c1-18(31)27-20-10-7-11-21(16-20)28-24(32)17-34-26-29-23-13-6-5-12-22(23)25(33)30(26)15-14-19-8-3-2-4-9-19/h5-8,10-13,16H,2-4,9,14-15,17H2,1H3,(H,27,31)(H,28,32). The van der Waals surface area contributed by atoms with Gasteiger partial charge in [-0.3, -0.25) is 19.0 Å². The molecule has 1 aromatic heterocycles. The van der Waals surface area contributed by atoms with Gasteiger partial charge >= 0.3 is 0 Å². The molecule has 0 saturated heterocycles. The molecule has 0 saturated carbocycles. The quantitative estimate of drug-likeness (QED) is 0.272. The summed E-state index contributed by atoms with van der Waals surface area (Å²) in [5, 5.41) is 6.68. The third-order valence-electron chi connectivity index (χ3n) is 5.67. The van der Waals surface area contributed by atoms with Gasteiger partial charge in [-0.1, -0.05) is 41.6 Å². The summed E-state index contributed by atoms with van der Waals surface area (Å²) >= 11 is 1.26. The van der Waals surface area contributed by atoms with Gasteiger partial charge in [0, 0.05) is 24.8 Å². The van der Waals surface area contributed by atoms with E-state index in [2.05, 4.69) is 16.7 Å². The number of allylic oxidation sites excluding steroid dienone is 2. The average Bonchev–Trinajstić information content (AvgIpc) is 2.83. The van der Waals surface area contributed by atoms with Crippen LogP contribution in [0, 0.1) is 0 Å². The van der Waals surface area contributed by atoms with Crippen LogP contribution in [-0.4, -0.2) is 27.1 Å². The average molecular weight is 477 g/mol. The Morgan fingerprint density at radius 2 is 1.85 bits per heavy atom. The summed E-state index contributed by atoms with van der Waals surface area (Å²) in [4.78, 5) is 41.9. The minimum Gasteiger partial charge on any atom is -0.326 e. The second kappa shape index (κ2) is 11.2. The van der Waals surface area contributed by atoms with Gasteiger partial charge in [-0.25, -0.2) is 4.98 Å². The molecule has 1 heterocycles. The normalized spacial score (nSPS) is 13.4. The Morgan fingerprint density at radius 3 is 2.62 bits per heavy atom. The fraction of sp³-hybridized carbons (Fsp3) is 0.308. The second-order valence-corrected chi connectivity index (χ2v) is 9.27. The van der Waals surface area contributed by atoms with E-state index >= 15 is 0 Å². The fourth-order valence-electron chi connectivity index (χ4n) is 4.05. The molecule has 0 atom stereocenters. The number of nitrogens with zero attached hydrogens (tertiary/aromatic N) is 2. The molecular weight excluding hydrogens is 448 g/mol. The number of anilines is 2. The van der Waals surface area contributed by atoms with Crippen molar-refractivity contribution in [3.8, 4) is 0 Å².